The van der Waals surface area contributed by atoms with E-state index in [1.54, 1.807) is 18.0 Å². The predicted molar refractivity (Wildman–Crippen MR) is 104 cm³/mol. The van der Waals surface area contributed by atoms with Crippen LogP contribution in [0.3, 0.4) is 0 Å². The molecule has 25 heavy (non-hydrogen) atoms. The summed E-state index contributed by atoms with van der Waals surface area (Å²) in [5.41, 5.74) is 0.945. The van der Waals surface area contributed by atoms with E-state index >= 15 is 0 Å². The zero-order chi connectivity index (χ0) is 18.2. The number of aromatic nitrogens is 1. The number of aryl methyl sites for hydroxylation is 1. The predicted octanol–water partition coefficient (Wildman–Crippen LogP) is 3.49. The molecular weight excluding hydrogens is 334 g/mol. The number of nitrogens with zero attached hydrogens (tertiary/aromatic N) is 2. The average Bonchev–Trinajstić information content (AvgIpc) is 2.63. The molecule has 1 N–H and O–H groups in total. The highest BCUT2D eigenvalue weighted by atomic mass is 32.2. The third-order valence-corrected chi connectivity index (χ3v) is 5.79. The molecule has 6 heteroatoms. The Bertz CT molecular complexity index is 594. The van der Waals surface area contributed by atoms with Crippen molar-refractivity contribution in [2.45, 2.75) is 51.7 Å². The molecule has 1 saturated heterocycles. The van der Waals surface area contributed by atoms with Gasteiger partial charge in [0, 0.05) is 19.3 Å². The molecule has 2 atom stereocenters. The number of amides is 2. The lowest BCUT2D eigenvalue weighted by molar-refractivity contribution is -0.133. The van der Waals surface area contributed by atoms with E-state index < -0.39 is 0 Å². The van der Waals surface area contributed by atoms with Crippen LogP contribution in [0, 0.1) is 12.8 Å². The zero-order valence-electron chi connectivity index (χ0n) is 15.5. The second-order valence-electron chi connectivity index (χ2n) is 6.65. The van der Waals surface area contributed by atoms with Crippen molar-refractivity contribution in [2.75, 3.05) is 24.2 Å². The van der Waals surface area contributed by atoms with E-state index in [0.29, 0.717) is 12.4 Å². The molecule has 2 amide bonds. The Morgan fingerprint density at radius 2 is 2.28 bits per heavy atom. The number of thioether (sulfide) groups is 1. The highest BCUT2D eigenvalue weighted by molar-refractivity contribution is 8.00. The van der Waals surface area contributed by atoms with Crippen molar-refractivity contribution in [3.63, 3.8) is 0 Å². The quantitative estimate of drug-likeness (QED) is 0.753. The number of hydrogen-bond acceptors (Lipinski definition) is 4. The molecule has 1 aromatic heterocycles. The number of pyridine rings is 1. The smallest absolute Gasteiger partial charge is 0.235 e. The summed E-state index contributed by atoms with van der Waals surface area (Å²) in [6.07, 6.45) is 5.65. The highest BCUT2D eigenvalue weighted by Crippen LogP contribution is 2.22. The first kappa shape index (κ1) is 19.8. The molecule has 0 aromatic carbocycles. The van der Waals surface area contributed by atoms with Crippen molar-refractivity contribution < 1.29 is 9.59 Å². The monoisotopic (exact) mass is 363 g/mol. The van der Waals surface area contributed by atoms with E-state index in [0.717, 1.165) is 43.5 Å². The fraction of sp³-hybridized carbons (Fsp3) is 0.632. The van der Waals surface area contributed by atoms with Gasteiger partial charge in [-0.15, -0.1) is 11.8 Å². The van der Waals surface area contributed by atoms with E-state index in [1.165, 1.54) is 0 Å². The molecule has 5 nitrogen and oxygen atoms in total. The molecule has 0 saturated carbocycles. The Kier molecular flexibility index (Phi) is 7.75. The van der Waals surface area contributed by atoms with Crippen LogP contribution in [0.25, 0.3) is 0 Å². The summed E-state index contributed by atoms with van der Waals surface area (Å²) in [5, 5.41) is 2.88. The largest absolute Gasteiger partial charge is 0.341 e. The van der Waals surface area contributed by atoms with Crippen LogP contribution in [0.15, 0.2) is 18.3 Å². The Labute approximate surface area is 155 Å². The first-order valence-electron chi connectivity index (χ1n) is 9.15. The molecule has 0 bridgehead atoms. The number of likely N-dealkylation sites (tertiary alicyclic amines) is 1. The molecule has 1 aliphatic rings. The summed E-state index contributed by atoms with van der Waals surface area (Å²) in [4.78, 5) is 31.3. The van der Waals surface area contributed by atoms with Crippen LogP contribution < -0.4 is 5.32 Å². The minimum atomic E-state index is -0.160. The summed E-state index contributed by atoms with van der Waals surface area (Å²) >= 11 is 1.72. The van der Waals surface area contributed by atoms with E-state index in [4.69, 9.17) is 0 Å². The molecule has 0 radical (unpaired) electrons. The van der Waals surface area contributed by atoms with Crippen LogP contribution in [-0.2, 0) is 9.59 Å². The average molecular weight is 364 g/mol. The summed E-state index contributed by atoms with van der Waals surface area (Å²) in [5.74, 6) is 1.59. The van der Waals surface area contributed by atoms with Gasteiger partial charge in [-0.3, -0.25) is 9.59 Å². The summed E-state index contributed by atoms with van der Waals surface area (Å²) in [6, 6.07) is 3.78. The molecule has 2 unspecified atom stereocenters. The van der Waals surface area contributed by atoms with E-state index in [-0.39, 0.29) is 23.0 Å². The van der Waals surface area contributed by atoms with Gasteiger partial charge in [-0.05, 0) is 50.5 Å². The lowest BCUT2D eigenvalue weighted by atomic mass is 9.97. The first-order valence-corrected chi connectivity index (χ1v) is 10.2. The van der Waals surface area contributed by atoms with Crippen molar-refractivity contribution in [2.24, 2.45) is 5.92 Å². The minimum Gasteiger partial charge on any atom is -0.341 e. The molecule has 0 spiro atoms. The van der Waals surface area contributed by atoms with Crippen molar-refractivity contribution in [1.29, 1.82) is 0 Å². The van der Waals surface area contributed by atoms with Crippen LogP contribution in [0.5, 0.6) is 0 Å². The maximum absolute atomic E-state index is 12.6. The first-order chi connectivity index (χ1) is 12.0. The summed E-state index contributed by atoms with van der Waals surface area (Å²) < 4.78 is 0. The normalized spacial score (nSPS) is 18.7. The third-order valence-electron chi connectivity index (χ3n) is 4.57. The van der Waals surface area contributed by atoms with Crippen LogP contribution >= 0.6 is 11.8 Å². The lowest BCUT2D eigenvalue weighted by Gasteiger charge is -2.33. The Balaban J connectivity index is 1.90. The second kappa shape index (κ2) is 9.80. The van der Waals surface area contributed by atoms with E-state index in [1.807, 2.05) is 30.9 Å². The number of unbranched alkanes of at least 4 members (excludes halogenated alkanes) is 1. The number of hydrogen-bond donors (Lipinski definition) is 1. The number of piperidine rings is 1. The Morgan fingerprint density at radius 3 is 3.00 bits per heavy atom. The maximum Gasteiger partial charge on any atom is 0.235 e. The van der Waals surface area contributed by atoms with Crippen molar-refractivity contribution in [3.8, 4) is 0 Å². The summed E-state index contributed by atoms with van der Waals surface area (Å²) in [6.45, 7) is 7.32. The number of nitrogens with one attached hydrogen (secondary N) is 1. The van der Waals surface area contributed by atoms with Gasteiger partial charge in [0.25, 0.3) is 0 Å². The maximum atomic E-state index is 12.6. The summed E-state index contributed by atoms with van der Waals surface area (Å²) in [7, 11) is 0. The standard InChI is InChI=1S/C19H29N3O2S/c1-4-5-12-25-15(3)19(24)22-11-7-9-16(13-22)18(23)21-17-14(2)8-6-10-20-17/h6,8,10,15-16H,4-5,7,9,11-13H2,1-3H3,(H,20,21,23). The van der Waals surface area contributed by atoms with Crippen LogP contribution in [-0.4, -0.2) is 45.8 Å². The zero-order valence-corrected chi connectivity index (χ0v) is 16.3. The van der Waals surface area contributed by atoms with Gasteiger partial charge in [0.05, 0.1) is 11.2 Å². The molecule has 2 heterocycles. The van der Waals surface area contributed by atoms with Gasteiger partial charge < -0.3 is 10.2 Å². The fourth-order valence-corrected chi connectivity index (χ4v) is 4.06. The molecule has 1 aromatic rings. The van der Waals surface area contributed by atoms with Gasteiger partial charge in [0.2, 0.25) is 11.8 Å². The van der Waals surface area contributed by atoms with Crippen molar-refractivity contribution in [1.82, 2.24) is 9.88 Å². The minimum absolute atomic E-state index is 0.0357. The van der Waals surface area contributed by atoms with Gasteiger partial charge in [-0.25, -0.2) is 4.98 Å². The van der Waals surface area contributed by atoms with E-state index in [9.17, 15) is 9.59 Å². The van der Waals surface area contributed by atoms with Gasteiger partial charge >= 0.3 is 0 Å². The molecular formula is C19H29N3O2S. The van der Waals surface area contributed by atoms with Crippen molar-refractivity contribution in [3.05, 3.63) is 23.9 Å². The Morgan fingerprint density at radius 1 is 1.48 bits per heavy atom. The van der Waals surface area contributed by atoms with Gasteiger partial charge in [-0.1, -0.05) is 19.4 Å². The molecule has 1 aliphatic heterocycles. The number of anilines is 1. The molecule has 1 fully saturated rings. The third kappa shape index (κ3) is 5.73. The fourth-order valence-electron chi connectivity index (χ4n) is 2.96. The lowest BCUT2D eigenvalue weighted by Crippen LogP contribution is -2.46. The van der Waals surface area contributed by atoms with Gasteiger partial charge in [0.1, 0.15) is 5.82 Å². The van der Waals surface area contributed by atoms with Crippen LogP contribution in [0.1, 0.15) is 45.1 Å². The number of carbonyl (C=O) groups is 2. The number of carbonyl (C=O) groups excluding carboxylic acids is 2. The molecule has 138 valence electrons. The number of rotatable bonds is 7. The van der Waals surface area contributed by atoms with Crippen LogP contribution in [0.4, 0.5) is 5.82 Å². The van der Waals surface area contributed by atoms with Crippen LogP contribution in [0.2, 0.25) is 0 Å². The van der Waals surface area contributed by atoms with Crippen molar-refractivity contribution >= 4 is 29.4 Å². The molecule has 2 rings (SSSR count). The second-order valence-corrected chi connectivity index (χ2v) is 8.10. The SMILES string of the molecule is CCCCSC(C)C(=O)N1CCCC(C(=O)Nc2ncccc2C)C1. The van der Waals surface area contributed by atoms with Gasteiger partial charge in [0.15, 0.2) is 0 Å². The van der Waals surface area contributed by atoms with Gasteiger partial charge in [-0.2, -0.15) is 0 Å². The highest BCUT2D eigenvalue weighted by Gasteiger charge is 2.30. The molecule has 0 aliphatic carbocycles. The topological polar surface area (TPSA) is 62.3 Å². The Hall–Kier alpha value is -1.56. The van der Waals surface area contributed by atoms with E-state index in [2.05, 4.69) is 17.2 Å².